The smallest absolute Gasteiger partial charge is 0.256 e. The van der Waals surface area contributed by atoms with E-state index in [0.717, 1.165) is 5.56 Å². The first-order valence-electron chi connectivity index (χ1n) is 10.8. The summed E-state index contributed by atoms with van der Waals surface area (Å²) in [6.07, 6.45) is 4.93. The number of aliphatic hydroxyl groups excluding tert-OH is 2. The largest absolute Gasteiger partial charge is 0.389 e. The molecule has 14 nitrogen and oxygen atoms in total. The Morgan fingerprint density at radius 1 is 1.24 bits per heavy atom. The van der Waals surface area contributed by atoms with E-state index in [0.29, 0.717) is 29.1 Å². The molecule has 4 aromatic rings. The molecule has 0 spiro atoms. The van der Waals surface area contributed by atoms with Gasteiger partial charge in [-0.05, 0) is 6.42 Å². The van der Waals surface area contributed by atoms with Crippen LogP contribution in [0.4, 0.5) is 5.82 Å². The predicted molar refractivity (Wildman–Crippen MR) is 118 cm³/mol. The molecule has 2 aliphatic carbocycles. The Morgan fingerprint density at radius 3 is 2.76 bits per heavy atom. The summed E-state index contributed by atoms with van der Waals surface area (Å²) in [7, 11) is 5.07. The number of amides is 1. The number of imidazole rings is 1. The van der Waals surface area contributed by atoms with Gasteiger partial charge in [0.1, 0.15) is 11.8 Å². The first-order chi connectivity index (χ1) is 16.4. The summed E-state index contributed by atoms with van der Waals surface area (Å²) in [6.45, 7) is 0. The molecule has 5 atom stereocenters. The van der Waals surface area contributed by atoms with Gasteiger partial charge in [-0.1, -0.05) is 5.21 Å². The van der Waals surface area contributed by atoms with Crippen molar-refractivity contribution >= 4 is 22.9 Å². The lowest BCUT2D eigenvalue weighted by Gasteiger charge is -2.23. The van der Waals surface area contributed by atoms with Crippen molar-refractivity contribution in [2.24, 2.45) is 18.4 Å². The van der Waals surface area contributed by atoms with Crippen molar-refractivity contribution in [2.45, 2.75) is 24.7 Å². The number of aromatic nitrogens is 9. The van der Waals surface area contributed by atoms with Crippen LogP contribution in [-0.4, -0.2) is 86.7 Å². The van der Waals surface area contributed by atoms with Crippen LogP contribution in [0.5, 0.6) is 0 Å². The zero-order chi connectivity index (χ0) is 23.8. The SMILES string of the molecule is CNC(=O)C12CC1[C@@H](n1cnc3c(NC)nc(-n4cc(-c5cnn(C)c5)nn4)nc31)[C@H](O)[C@@H]2O. The van der Waals surface area contributed by atoms with E-state index in [1.807, 2.05) is 13.2 Å². The van der Waals surface area contributed by atoms with Crippen molar-refractivity contribution in [2.75, 3.05) is 19.4 Å². The number of fused-ring (bicyclic) bond motifs is 2. The molecule has 2 unspecified atom stereocenters. The minimum atomic E-state index is -1.18. The van der Waals surface area contributed by atoms with Gasteiger partial charge in [0.2, 0.25) is 5.91 Å². The molecule has 2 aliphatic rings. The quantitative estimate of drug-likeness (QED) is 0.283. The maximum atomic E-state index is 12.5. The van der Waals surface area contributed by atoms with Crippen molar-refractivity contribution in [3.8, 4) is 17.2 Å². The number of hydrogen-bond acceptors (Lipinski definition) is 10. The molecule has 1 amide bonds. The number of anilines is 1. The molecule has 2 fully saturated rings. The number of nitrogens with one attached hydrogen (secondary N) is 2. The number of aryl methyl sites for hydroxylation is 1. The summed E-state index contributed by atoms with van der Waals surface area (Å²) < 4.78 is 4.84. The van der Waals surface area contributed by atoms with E-state index in [1.165, 1.54) is 11.7 Å². The maximum Gasteiger partial charge on any atom is 0.256 e. The third-order valence-electron chi connectivity index (χ3n) is 6.99. The van der Waals surface area contributed by atoms with Crippen LogP contribution in [0.1, 0.15) is 12.5 Å². The van der Waals surface area contributed by atoms with Crippen LogP contribution in [-0.2, 0) is 11.8 Å². The van der Waals surface area contributed by atoms with Crippen molar-refractivity contribution in [3.05, 3.63) is 24.9 Å². The van der Waals surface area contributed by atoms with Crippen molar-refractivity contribution in [3.63, 3.8) is 0 Å². The molecular weight excluding hydrogens is 442 g/mol. The molecule has 4 heterocycles. The van der Waals surface area contributed by atoms with E-state index in [1.54, 1.807) is 35.0 Å². The second-order valence-corrected chi connectivity index (χ2v) is 8.75. The number of carbonyl (C=O) groups excluding carboxylic acids is 1. The molecule has 34 heavy (non-hydrogen) atoms. The van der Waals surface area contributed by atoms with Crippen LogP contribution in [0, 0.1) is 11.3 Å². The lowest BCUT2D eigenvalue weighted by molar-refractivity contribution is -0.132. The van der Waals surface area contributed by atoms with Crippen molar-refractivity contribution in [1.82, 2.24) is 49.6 Å². The number of hydrogen-bond donors (Lipinski definition) is 4. The molecule has 0 saturated heterocycles. The second-order valence-electron chi connectivity index (χ2n) is 8.75. The molecule has 14 heteroatoms. The minimum absolute atomic E-state index is 0.241. The van der Waals surface area contributed by atoms with Gasteiger partial charge in [-0.25, -0.2) is 4.98 Å². The van der Waals surface area contributed by atoms with E-state index >= 15 is 0 Å². The van der Waals surface area contributed by atoms with Crippen LogP contribution in [0.15, 0.2) is 24.9 Å². The molecule has 2 saturated carbocycles. The summed E-state index contributed by atoms with van der Waals surface area (Å²) in [5.74, 6) is 0.212. The van der Waals surface area contributed by atoms with E-state index in [-0.39, 0.29) is 17.8 Å². The van der Waals surface area contributed by atoms with Gasteiger partial charge in [0.25, 0.3) is 5.95 Å². The average molecular weight is 465 g/mol. The Labute approximate surface area is 192 Å². The fraction of sp³-hybridized carbons (Fsp3) is 0.450. The molecular formula is C20H23N11O3. The Balaban J connectivity index is 1.43. The van der Waals surface area contributed by atoms with E-state index in [2.05, 4.69) is 41.0 Å². The van der Waals surface area contributed by atoms with Gasteiger partial charge in [0.15, 0.2) is 17.0 Å². The third-order valence-corrected chi connectivity index (χ3v) is 6.99. The van der Waals surface area contributed by atoms with Crippen molar-refractivity contribution in [1.29, 1.82) is 0 Å². The monoisotopic (exact) mass is 465 g/mol. The van der Waals surface area contributed by atoms with Crippen molar-refractivity contribution < 1.29 is 15.0 Å². The highest BCUT2D eigenvalue weighted by Gasteiger charge is 2.75. The van der Waals surface area contributed by atoms with Gasteiger partial charge in [-0.15, -0.1) is 5.10 Å². The van der Waals surface area contributed by atoms with Gasteiger partial charge >= 0.3 is 0 Å². The fourth-order valence-corrected chi connectivity index (χ4v) is 5.23. The zero-order valence-corrected chi connectivity index (χ0v) is 18.7. The first-order valence-corrected chi connectivity index (χ1v) is 10.8. The number of rotatable bonds is 5. The molecule has 0 bridgehead atoms. The zero-order valence-electron chi connectivity index (χ0n) is 18.7. The topological polar surface area (TPSA) is 174 Å². The lowest BCUT2D eigenvalue weighted by atomic mass is 9.98. The van der Waals surface area contributed by atoms with Crippen LogP contribution in [0.25, 0.3) is 28.4 Å². The summed E-state index contributed by atoms with van der Waals surface area (Å²) in [6, 6.07) is -0.563. The van der Waals surface area contributed by atoms with Gasteiger partial charge < -0.3 is 25.4 Å². The van der Waals surface area contributed by atoms with Gasteiger partial charge in [0, 0.05) is 38.8 Å². The number of aliphatic hydroxyl groups is 2. The van der Waals surface area contributed by atoms with Crippen LogP contribution in [0.3, 0.4) is 0 Å². The lowest BCUT2D eigenvalue weighted by Crippen LogP contribution is -2.41. The molecule has 176 valence electrons. The molecule has 6 rings (SSSR count). The van der Waals surface area contributed by atoms with Crippen LogP contribution in [0.2, 0.25) is 0 Å². The van der Waals surface area contributed by atoms with Crippen LogP contribution < -0.4 is 10.6 Å². The first kappa shape index (κ1) is 20.7. The highest BCUT2D eigenvalue weighted by atomic mass is 16.3. The highest BCUT2D eigenvalue weighted by Crippen LogP contribution is 2.67. The second kappa shape index (κ2) is 7.04. The van der Waals surface area contributed by atoms with E-state index in [4.69, 9.17) is 0 Å². The molecule has 0 radical (unpaired) electrons. The molecule has 4 aromatic heterocycles. The Morgan fingerprint density at radius 2 is 2.06 bits per heavy atom. The van der Waals surface area contributed by atoms with Gasteiger partial charge in [0.05, 0.1) is 36.3 Å². The summed E-state index contributed by atoms with van der Waals surface area (Å²) in [4.78, 5) is 26.1. The Hall–Kier alpha value is -3.91. The van der Waals surface area contributed by atoms with E-state index in [9.17, 15) is 15.0 Å². The van der Waals surface area contributed by atoms with Gasteiger partial charge in [-0.2, -0.15) is 19.7 Å². The van der Waals surface area contributed by atoms with E-state index < -0.39 is 23.7 Å². The number of carbonyl (C=O) groups is 1. The van der Waals surface area contributed by atoms with Crippen LogP contribution >= 0.6 is 0 Å². The number of nitrogens with zero attached hydrogens (tertiary/aromatic N) is 9. The highest BCUT2D eigenvalue weighted by molar-refractivity contribution is 5.88. The maximum absolute atomic E-state index is 12.5. The standard InChI is InChI=1S/C20H23N11O3/c1-21-16-12-17(26-19(25-16)31-7-11(27-28-31)9-5-24-29(3)6-9)30(8-23-12)13-10-4-20(10,18(34)22-2)15(33)14(13)32/h5-8,10,13-15,32-33H,4H2,1-3H3,(H,22,34)(H,21,25,26)/t10?,13-,14+,15+,20?/m1/s1. The third kappa shape index (κ3) is 2.66. The Bertz CT molecular complexity index is 1420. The predicted octanol–water partition coefficient (Wildman–Crippen LogP) is -1.12. The summed E-state index contributed by atoms with van der Waals surface area (Å²) in [5.41, 5.74) is 1.36. The fourth-order valence-electron chi connectivity index (χ4n) is 5.23. The van der Waals surface area contributed by atoms with Gasteiger partial charge in [-0.3, -0.25) is 9.48 Å². The minimum Gasteiger partial charge on any atom is -0.389 e. The normalized spacial score (nSPS) is 27.7. The summed E-state index contributed by atoms with van der Waals surface area (Å²) >= 11 is 0. The molecule has 4 N–H and O–H groups in total. The average Bonchev–Trinajstić information content (AvgIpc) is 3.26. The Kier molecular flexibility index (Phi) is 4.28. The summed E-state index contributed by atoms with van der Waals surface area (Å²) in [5, 5.41) is 39.8. The molecule has 0 aliphatic heterocycles. The molecule has 0 aromatic carbocycles.